The summed E-state index contributed by atoms with van der Waals surface area (Å²) in [4.78, 5) is 2.40. The molecule has 19 heavy (non-hydrogen) atoms. The van der Waals surface area contributed by atoms with Crippen molar-refractivity contribution in [2.75, 3.05) is 44.9 Å². The molecule has 1 atom stereocenters. The number of benzene rings is 1. The third-order valence-corrected chi connectivity index (χ3v) is 3.33. The molecule has 1 aromatic carbocycles. The molecule has 0 aliphatic carbocycles. The van der Waals surface area contributed by atoms with Gasteiger partial charge in [0.2, 0.25) is 0 Å². The molecule has 1 unspecified atom stereocenters. The van der Waals surface area contributed by atoms with E-state index < -0.39 is 0 Å². The number of methoxy groups -OCH3 is 1. The minimum atomic E-state index is 0.392. The number of hydrogen-bond acceptors (Lipinski definition) is 4. The Bertz CT molecular complexity index is 384. The molecule has 1 aromatic rings. The van der Waals surface area contributed by atoms with Gasteiger partial charge in [0.05, 0.1) is 18.9 Å². The summed E-state index contributed by atoms with van der Waals surface area (Å²) in [7, 11) is 1.74. The van der Waals surface area contributed by atoms with E-state index in [1.54, 1.807) is 7.11 Å². The first-order chi connectivity index (χ1) is 9.31. The SMILES string of the molecule is COCC(C)NCCN1CCCOc2ccccc21. The van der Waals surface area contributed by atoms with Crippen molar-refractivity contribution in [3.63, 3.8) is 0 Å². The fourth-order valence-corrected chi connectivity index (χ4v) is 2.39. The zero-order chi connectivity index (χ0) is 13.5. The smallest absolute Gasteiger partial charge is 0.142 e. The van der Waals surface area contributed by atoms with Crippen molar-refractivity contribution in [1.29, 1.82) is 0 Å². The highest BCUT2D eigenvalue weighted by molar-refractivity contribution is 5.58. The molecule has 0 spiro atoms. The second kappa shape index (κ2) is 7.36. The Balaban J connectivity index is 1.89. The standard InChI is InChI=1S/C15H24N2O2/c1-13(12-18-2)16-8-10-17-9-5-11-19-15-7-4-3-6-14(15)17/h3-4,6-7,13,16H,5,8-12H2,1-2H3. The molecule has 4 heteroatoms. The summed E-state index contributed by atoms with van der Waals surface area (Å²) < 4.78 is 10.9. The van der Waals surface area contributed by atoms with Gasteiger partial charge in [-0.2, -0.15) is 0 Å². The van der Waals surface area contributed by atoms with Crippen LogP contribution in [0.25, 0.3) is 0 Å². The molecule has 1 N–H and O–H groups in total. The predicted molar refractivity (Wildman–Crippen MR) is 78.1 cm³/mol. The van der Waals surface area contributed by atoms with Gasteiger partial charge in [0.15, 0.2) is 0 Å². The zero-order valence-corrected chi connectivity index (χ0v) is 11.9. The molecule has 0 saturated carbocycles. The molecule has 0 radical (unpaired) electrons. The minimum Gasteiger partial charge on any atom is -0.491 e. The molecule has 106 valence electrons. The van der Waals surface area contributed by atoms with E-state index >= 15 is 0 Å². The summed E-state index contributed by atoms with van der Waals surface area (Å²) in [6.07, 6.45) is 1.07. The number of anilines is 1. The monoisotopic (exact) mass is 264 g/mol. The van der Waals surface area contributed by atoms with Crippen LogP contribution in [0.4, 0.5) is 5.69 Å². The van der Waals surface area contributed by atoms with E-state index in [0.29, 0.717) is 6.04 Å². The van der Waals surface area contributed by atoms with Gasteiger partial charge in [-0.1, -0.05) is 12.1 Å². The van der Waals surface area contributed by atoms with Gasteiger partial charge in [-0.25, -0.2) is 0 Å². The molecule has 0 saturated heterocycles. The molecule has 0 fully saturated rings. The van der Waals surface area contributed by atoms with Crippen LogP contribution in [0.2, 0.25) is 0 Å². The summed E-state index contributed by atoms with van der Waals surface area (Å²) in [5.74, 6) is 1.00. The van der Waals surface area contributed by atoms with Crippen LogP contribution in [-0.4, -0.2) is 46.0 Å². The Morgan fingerprint density at radius 2 is 2.26 bits per heavy atom. The van der Waals surface area contributed by atoms with Crippen LogP contribution in [0.5, 0.6) is 5.75 Å². The van der Waals surface area contributed by atoms with E-state index in [1.165, 1.54) is 5.69 Å². The highest BCUT2D eigenvalue weighted by atomic mass is 16.5. The Labute approximate surface area is 115 Å². The molecule has 1 aliphatic heterocycles. The average molecular weight is 264 g/mol. The van der Waals surface area contributed by atoms with Crippen LogP contribution in [0.3, 0.4) is 0 Å². The maximum absolute atomic E-state index is 5.76. The first-order valence-electron chi connectivity index (χ1n) is 7.00. The number of rotatable bonds is 6. The number of fused-ring (bicyclic) bond motifs is 1. The second-order valence-electron chi connectivity index (χ2n) is 4.97. The summed E-state index contributed by atoms with van der Waals surface area (Å²) >= 11 is 0. The largest absolute Gasteiger partial charge is 0.491 e. The van der Waals surface area contributed by atoms with Crippen LogP contribution >= 0.6 is 0 Å². The van der Waals surface area contributed by atoms with E-state index in [1.807, 2.05) is 6.07 Å². The van der Waals surface area contributed by atoms with Gasteiger partial charge in [-0.05, 0) is 25.5 Å². The average Bonchev–Trinajstić information content (AvgIpc) is 2.62. The lowest BCUT2D eigenvalue weighted by Crippen LogP contribution is -2.38. The molecule has 4 nitrogen and oxygen atoms in total. The lowest BCUT2D eigenvalue weighted by Gasteiger charge is -2.24. The van der Waals surface area contributed by atoms with Crippen molar-refractivity contribution >= 4 is 5.69 Å². The highest BCUT2D eigenvalue weighted by Crippen LogP contribution is 2.29. The number of ether oxygens (including phenoxy) is 2. The molecule has 0 amide bonds. The van der Waals surface area contributed by atoms with Gasteiger partial charge >= 0.3 is 0 Å². The van der Waals surface area contributed by atoms with E-state index in [0.717, 1.165) is 45.0 Å². The van der Waals surface area contributed by atoms with Crippen molar-refractivity contribution in [3.05, 3.63) is 24.3 Å². The van der Waals surface area contributed by atoms with Crippen molar-refractivity contribution < 1.29 is 9.47 Å². The number of para-hydroxylation sites is 2. The third kappa shape index (κ3) is 4.11. The minimum absolute atomic E-state index is 0.392. The maximum atomic E-state index is 5.76. The lowest BCUT2D eigenvalue weighted by atomic mass is 10.2. The van der Waals surface area contributed by atoms with Gasteiger partial charge in [0.25, 0.3) is 0 Å². The number of hydrogen-bond donors (Lipinski definition) is 1. The fourth-order valence-electron chi connectivity index (χ4n) is 2.39. The van der Waals surface area contributed by atoms with Crippen LogP contribution in [-0.2, 0) is 4.74 Å². The fraction of sp³-hybridized carbons (Fsp3) is 0.600. The molecule has 0 aromatic heterocycles. The zero-order valence-electron chi connectivity index (χ0n) is 11.9. The van der Waals surface area contributed by atoms with Gasteiger partial charge in [0, 0.05) is 32.8 Å². The van der Waals surface area contributed by atoms with Crippen LogP contribution in [0.15, 0.2) is 24.3 Å². The van der Waals surface area contributed by atoms with Crippen LogP contribution in [0.1, 0.15) is 13.3 Å². The number of nitrogens with zero attached hydrogens (tertiary/aromatic N) is 1. The topological polar surface area (TPSA) is 33.7 Å². The van der Waals surface area contributed by atoms with Crippen molar-refractivity contribution in [2.24, 2.45) is 0 Å². The van der Waals surface area contributed by atoms with E-state index in [2.05, 4.69) is 35.3 Å². The highest BCUT2D eigenvalue weighted by Gasteiger charge is 2.15. The van der Waals surface area contributed by atoms with Crippen molar-refractivity contribution in [1.82, 2.24) is 5.32 Å². The Hall–Kier alpha value is -1.26. The molecule has 1 aliphatic rings. The van der Waals surface area contributed by atoms with Gasteiger partial charge in [0.1, 0.15) is 5.75 Å². The van der Waals surface area contributed by atoms with Crippen molar-refractivity contribution in [2.45, 2.75) is 19.4 Å². The first-order valence-corrected chi connectivity index (χ1v) is 7.00. The summed E-state index contributed by atoms with van der Waals surface area (Å²) in [5, 5.41) is 3.47. The quantitative estimate of drug-likeness (QED) is 0.851. The lowest BCUT2D eigenvalue weighted by molar-refractivity contribution is 0.172. The summed E-state index contributed by atoms with van der Waals surface area (Å²) in [6, 6.07) is 8.68. The van der Waals surface area contributed by atoms with Gasteiger partial charge < -0.3 is 19.7 Å². The molecular formula is C15H24N2O2. The summed E-state index contributed by atoms with van der Waals surface area (Å²) in [5.41, 5.74) is 1.21. The molecule has 0 bridgehead atoms. The number of nitrogens with one attached hydrogen (secondary N) is 1. The van der Waals surface area contributed by atoms with E-state index in [4.69, 9.17) is 9.47 Å². The molecular weight excluding hydrogens is 240 g/mol. The van der Waals surface area contributed by atoms with Gasteiger partial charge in [-0.3, -0.25) is 0 Å². The van der Waals surface area contributed by atoms with E-state index in [9.17, 15) is 0 Å². The Morgan fingerprint density at radius 3 is 3.11 bits per heavy atom. The maximum Gasteiger partial charge on any atom is 0.142 e. The summed E-state index contributed by atoms with van der Waals surface area (Å²) in [6.45, 7) is 6.70. The van der Waals surface area contributed by atoms with Crippen molar-refractivity contribution in [3.8, 4) is 5.75 Å². The Morgan fingerprint density at radius 1 is 1.42 bits per heavy atom. The molecule has 2 rings (SSSR count). The van der Waals surface area contributed by atoms with Gasteiger partial charge in [-0.15, -0.1) is 0 Å². The Kier molecular flexibility index (Phi) is 5.48. The molecule has 1 heterocycles. The second-order valence-corrected chi connectivity index (χ2v) is 4.97. The van der Waals surface area contributed by atoms with Crippen LogP contribution in [0, 0.1) is 0 Å². The normalized spacial score (nSPS) is 16.4. The first kappa shape index (κ1) is 14.2. The third-order valence-electron chi connectivity index (χ3n) is 3.33. The predicted octanol–water partition coefficient (Wildman–Crippen LogP) is 1.90. The van der Waals surface area contributed by atoms with E-state index in [-0.39, 0.29) is 0 Å². The van der Waals surface area contributed by atoms with Crippen LogP contribution < -0.4 is 15.0 Å².